The molecule has 1 aromatic heterocycles. The Kier molecular flexibility index (Phi) is 3.37. The molecule has 0 spiro atoms. The molecule has 90 valence electrons. The summed E-state index contributed by atoms with van der Waals surface area (Å²) in [5.74, 6) is 0.325. The van der Waals surface area contributed by atoms with Crippen LogP contribution in [-0.4, -0.2) is 40.6 Å². The van der Waals surface area contributed by atoms with Crippen molar-refractivity contribution in [2.24, 2.45) is 5.92 Å². The van der Waals surface area contributed by atoms with Crippen LogP contribution in [0.15, 0.2) is 17.6 Å². The van der Waals surface area contributed by atoms with E-state index >= 15 is 0 Å². The first kappa shape index (κ1) is 12.1. The number of nitrogens with zero attached hydrogens (tertiary/aromatic N) is 2. The first-order valence-electron chi connectivity index (χ1n) is 5.14. The summed E-state index contributed by atoms with van der Waals surface area (Å²) in [6.07, 6.45) is 3.57. The number of sulfonamides is 1. The number of aromatic amines is 1. The predicted molar refractivity (Wildman–Crippen MR) is 63.8 cm³/mol. The van der Waals surface area contributed by atoms with Crippen molar-refractivity contribution in [3.05, 3.63) is 12.5 Å². The minimum absolute atomic E-state index is 0.174. The monoisotopic (exact) mass is 307 g/mol. The van der Waals surface area contributed by atoms with Gasteiger partial charge in [0.15, 0.2) is 5.03 Å². The standard InChI is InChI=1S/C9H14BrN3O2S/c1-7-5-13(3-2-8(7)10)16(14,15)9-4-11-6-12-9/h4,6-8H,2-3,5H2,1H3,(H,11,12). The van der Waals surface area contributed by atoms with Gasteiger partial charge in [-0.2, -0.15) is 4.31 Å². The van der Waals surface area contributed by atoms with Crippen LogP contribution >= 0.6 is 15.9 Å². The van der Waals surface area contributed by atoms with Crippen LogP contribution in [0.2, 0.25) is 0 Å². The quantitative estimate of drug-likeness (QED) is 0.835. The molecule has 0 radical (unpaired) electrons. The van der Waals surface area contributed by atoms with Crippen molar-refractivity contribution in [3.8, 4) is 0 Å². The van der Waals surface area contributed by atoms with Crippen LogP contribution in [0.1, 0.15) is 13.3 Å². The van der Waals surface area contributed by atoms with Crippen LogP contribution in [0.3, 0.4) is 0 Å². The number of nitrogens with one attached hydrogen (secondary N) is 1. The van der Waals surface area contributed by atoms with E-state index in [2.05, 4.69) is 25.9 Å². The summed E-state index contributed by atoms with van der Waals surface area (Å²) < 4.78 is 25.8. The minimum Gasteiger partial charge on any atom is -0.335 e. The second-order valence-electron chi connectivity index (χ2n) is 4.06. The number of H-pyrrole nitrogens is 1. The molecule has 0 amide bonds. The number of hydrogen-bond donors (Lipinski definition) is 1. The smallest absolute Gasteiger partial charge is 0.260 e. The fraction of sp³-hybridized carbons (Fsp3) is 0.667. The summed E-state index contributed by atoms with van der Waals surface area (Å²) in [6.45, 7) is 3.16. The van der Waals surface area contributed by atoms with Gasteiger partial charge in [-0.3, -0.25) is 0 Å². The molecule has 1 aliphatic rings. The minimum atomic E-state index is -3.38. The molecule has 2 rings (SSSR count). The highest BCUT2D eigenvalue weighted by Crippen LogP contribution is 2.26. The topological polar surface area (TPSA) is 66.1 Å². The molecule has 16 heavy (non-hydrogen) atoms. The van der Waals surface area contributed by atoms with E-state index in [1.54, 1.807) is 0 Å². The van der Waals surface area contributed by atoms with E-state index in [0.717, 1.165) is 6.42 Å². The largest absolute Gasteiger partial charge is 0.335 e. The molecule has 1 saturated heterocycles. The van der Waals surface area contributed by atoms with Crippen LogP contribution in [0.5, 0.6) is 0 Å². The van der Waals surface area contributed by atoms with Crippen molar-refractivity contribution in [3.63, 3.8) is 0 Å². The van der Waals surface area contributed by atoms with Gasteiger partial charge in [0.25, 0.3) is 10.0 Å². The van der Waals surface area contributed by atoms with Crippen molar-refractivity contribution >= 4 is 26.0 Å². The third kappa shape index (κ3) is 2.16. The van der Waals surface area contributed by atoms with Crippen molar-refractivity contribution in [2.75, 3.05) is 13.1 Å². The lowest BCUT2D eigenvalue weighted by atomic mass is 10.0. The Labute approximate surface area is 103 Å². The maximum Gasteiger partial charge on any atom is 0.260 e. The van der Waals surface area contributed by atoms with Crippen LogP contribution in [0, 0.1) is 5.92 Å². The number of rotatable bonds is 2. The molecular formula is C9H14BrN3O2S. The van der Waals surface area contributed by atoms with E-state index in [0.29, 0.717) is 23.8 Å². The van der Waals surface area contributed by atoms with Crippen molar-refractivity contribution in [1.29, 1.82) is 0 Å². The lowest BCUT2D eigenvalue weighted by Crippen LogP contribution is -2.43. The average molecular weight is 308 g/mol. The van der Waals surface area contributed by atoms with Crippen LogP contribution in [0.4, 0.5) is 0 Å². The number of halogens is 1. The third-order valence-electron chi connectivity index (χ3n) is 2.85. The molecule has 1 aromatic rings. The van der Waals surface area contributed by atoms with Gasteiger partial charge >= 0.3 is 0 Å². The predicted octanol–water partition coefficient (Wildman–Crippen LogP) is 1.20. The van der Waals surface area contributed by atoms with Crippen LogP contribution in [0.25, 0.3) is 0 Å². The van der Waals surface area contributed by atoms with Gasteiger partial charge in [-0.15, -0.1) is 0 Å². The summed E-state index contributed by atoms with van der Waals surface area (Å²) in [5, 5.41) is 0.174. The van der Waals surface area contributed by atoms with E-state index in [1.165, 1.54) is 16.8 Å². The van der Waals surface area contributed by atoms with E-state index < -0.39 is 10.0 Å². The number of hydrogen-bond acceptors (Lipinski definition) is 3. The fourth-order valence-electron chi connectivity index (χ4n) is 1.82. The summed E-state index contributed by atoms with van der Waals surface area (Å²) in [6, 6.07) is 0. The molecule has 7 heteroatoms. The van der Waals surface area contributed by atoms with Crippen molar-refractivity contribution in [2.45, 2.75) is 23.2 Å². The molecular weight excluding hydrogens is 294 g/mol. The Hall–Kier alpha value is -0.400. The van der Waals surface area contributed by atoms with Gasteiger partial charge in [-0.1, -0.05) is 22.9 Å². The van der Waals surface area contributed by atoms with E-state index in [9.17, 15) is 8.42 Å². The van der Waals surface area contributed by atoms with Gasteiger partial charge in [0.05, 0.1) is 12.5 Å². The second kappa shape index (κ2) is 4.46. The Balaban J connectivity index is 2.20. The summed E-state index contributed by atoms with van der Waals surface area (Å²) in [7, 11) is -3.38. The van der Waals surface area contributed by atoms with Gasteiger partial charge in [0.1, 0.15) is 0 Å². The first-order chi connectivity index (χ1) is 7.51. The van der Waals surface area contributed by atoms with Gasteiger partial charge in [-0.25, -0.2) is 13.4 Å². The van der Waals surface area contributed by atoms with Crippen LogP contribution in [-0.2, 0) is 10.0 Å². The molecule has 1 aliphatic heterocycles. The number of alkyl halides is 1. The summed E-state index contributed by atoms with van der Waals surface area (Å²) in [4.78, 5) is 6.80. The maximum absolute atomic E-state index is 12.1. The van der Waals surface area contributed by atoms with Gasteiger partial charge in [0.2, 0.25) is 0 Å². The molecule has 0 bridgehead atoms. The van der Waals surface area contributed by atoms with Gasteiger partial charge in [0, 0.05) is 17.9 Å². The molecule has 0 aliphatic carbocycles. The Morgan fingerprint density at radius 1 is 1.62 bits per heavy atom. The van der Waals surface area contributed by atoms with Gasteiger partial charge < -0.3 is 4.98 Å². The van der Waals surface area contributed by atoms with E-state index in [-0.39, 0.29) is 5.03 Å². The number of piperidine rings is 1. The van der Waals surface area contributed by atoms with Crippen molar-refractivity contribution < 1.29 is 8.42 Å². The highest BCUT2D eigenvalue weighted by molar-refractivity contribution is 9.09. The molecule has 2 unspecified atom stereocenters. The average Bonchev–Trinajstić information content (AvgIpc) is 2.75. The molecule has 0 aromatic carbocycles. The van der Waals surface area contributed by atoms with E-state index in [1.807, 2.05) is 6.92 Å². The molecule has 1 N–H and O–H groups in total. The highest BCUT2D eigenvalue weighted by Gasteiger charge is 2.32. The maximum atomic E-state index is 12.1. The third-order valence-corrected chi connectivity index (χ3v) is 6.01. The van der Waals surface area contributed by atoms with Crippen molar-refractivity contribution in [1.82, 2.24) is 14.3 Å². The molecule has 5 nitrogen and oxygen atoms in total. The Morgan fingerprint density at radius 2 is 2.38 bits per heavy atom. The summed E-state index contributed by atoms with van der Waals surface area (Å²) >= 11 is 3.55. The Bertz CT molecular complexity index is 445. The fourth-order valence-corrected chi connectivity index (χ4v) is 3.64. The van der Waals surface area contributed by atoms with Crippen LogP contribution < -0.4 is 0 Å². The highest BCUT2D eigenvalue weighted by atomic mass is 79.9. The lowest BCUT2D eigenvalue weighted by molar-refractivity contribution is 0.291. The second-order valence-corrected chi connectivity index (χ2v) is 7.14. The number of aromatic nitrogens is 2. The SMILES string of the molecule is CC1CN(S(=O)(=O)c2cnc[nH]2)CCC1Br. The summed E-state index contributed by atoms with van der Waals surface area (Å²) in [5.41, 5.74) is 0. The zero-order valence-corrected chi connectivity index (χ0v) is 11.3. The molecule has 1 fully saturated rings. The zero-order valence-electron chi connectivity index (χ0n) is 8.93. The Morgan fingerprint density at radius 3 is 2.94 bits per heavy atom. The number of imidazole rings is 1. The molecule has 0 saturated carbocycles. The van der Waals surface area contributed by atoms with Gasteiger partial charge in [-0.05, 0) is 12.3 Å². The first-order valence-corrected chi connectivity index (χ1v) is 7.50. The van der Waals surface area contributed by atoms with E-state index in [4.69, 9.17) is 0 Å². The molecule has 2 heterocycles. The molecule has 2 atom stereocenters. The lowest BCUT2D eigenvalue weighted by Gasteiger charge is -2.32. The normalized spacial score (nSPS) is 28.1. The zero-order chi connectivity index (χ0) is 11.8.